The number of hydrogen-bond acceptors (Lipinski definition) is 5. The van der Waals surface area contributed by atoms with Crippen LogP contribution in [0.25, 0.3) is 0 Å². The molecule has 3 aromatic rings. The lowest BCUT2D eigenvalue weighted by Crippen LogP contribution is -2.36. The van der Waals surface area contributed by atoms with Gasteiger partial charge in [-0.25, -0.2) is 4.68 Å². The molecule has 4 rings (SSSR count). The van der Waals surface area contributed by atoms with Crippen LogP contribution in [0.15, 0.2) is 48.0 Å². The Morgan fingerprint density at radius 2 is 2.10 bits per heavy atom. The third-order valence-corrected chi connectivity index (χ3v) is 5.97. The molecule has 0 unspecified atom stereocenters. The van der Waals surface area contributed by atoms with Gasteiger partial charge < -0.3 is 15.4 Å². The van der Waals surface area contributed by atoms with Gasteiger partial charge in [0.25, 0.3) is 5.91 Å². The maximum absolute atomic E-state index is 13.7. The molecule has 0 bridgehead atoms. The van der Waals surface area contributed by atoms with Crippen LogP contribution in [-0.2, 0) is 6.54 Å². The molecule has 1 aliphatic heterocycles. The van der Waals surface area contributed by atoms with Crippen molar-refractivity contribution < 1.29 is 22.7 Å². The fourth-order valence-corrected chi connectivity index (χ4v) is 4.22. The molecule has 2 N–H and O–H groups in total. The molecule has 1 amide bonds. The molecule has 2 aromatic heterocycles. The molecular weight excluding hydrogens is 417 g/mol. The molecule has 0 spiro atoms. The van der Waals surface area contributed by atoms with E-state index in [9.17, 15) is 18.0 Å². The smallest absolute Gasteiger partial charge is 0.410 e. The molecule has 2 atom stereocenters. The largest absolute Gasteiger partial charge is 0.497 e. The summed E-state index contributed by atoms with van der Waals surface area (Å²) in [6.45, 7) is 0.227. The predicted molar refractivity (Wildman–Crippen MR) is 107 cm³/mol. The molecular formula is C20H19F3N4O2S. The molecule has 1 aliphatic rings. The van der Waals surface area contributed by atoms with Crippen molar-refractivity contribution in [3.63, 3.8) is 0 Å². The standard InChI is InChI=1S/C20H19F3N4O2S/c1-29-13-6-4-12(5-7-13)10-24-19(28)14-11-25-27-17(20(21,22)23)9-15(26-18(14)27)16-3-2-8-30-16/h2-8,11,15,17,26H,9-10H2,1H3,(H,24,28)/t15-,17-/m1/s1. The molecule has 158 valence electrons. The number of nitrogens with zero attached hydrogens (tertiary/aromatic N) is 2. The minimum atomic E-state index is -4.48. The van der Waals surface area contributed by atoms with Gasteiger partial charge in [0.1, 0.15) is 17.1 Å². The Labute approximate surface area is 174 Å². The van der Waals surface area contributed by atoms with Crippen LogP contribution in [0, 0.1) is 0 Å². The lowest BCUT2D eigenvalue weighted by atomic mass is 10.0. The van der Waals surface area contributed by atoms with Gasteiger partial charge in [0.15, 0.2) is 6.04 Å². The second-order valence-corrected chi connectivity index (χ2v) is 7.87. The fourth-order valence-electron chi connectivity index (χ4n) is 3.43. The van der Waals surface area contributed by atoms with Crippen molar-refractivity contribution in [2.24, 2.45) is 0 Å². The molecule has 0 aliphatic carbocycles. The maximum atomic E-state index is 13.7. The monoisotopic (exact) mass is 436 g/mol. The minimum Gasteiger partial charge on any atom is -0.497 e. The second kappa shape index (κ2) is 8.02. The Morgan fingerprint density at radius 3 is 2.73 bits per heavy atom. The average molecular weight is 436 g/mol. The predicted octanol–water partition coefficient (Wildman–Crippen LogP) is 4.54. The number of nitrogens with one attached hydrogen (secondary N) is 2. The van der Waals surface area contributed by atoms with Crippen LogP contribution in [0.4, 0.5) is 19.0 Å². The number of ether oxygens (including phenoxy) is 1. The zero-order chi connectivity index (χ0) is 21.3. The van der Waals surface area contributed by atoms with Crippen molar-refractivity contribution in [1.29, 1.82) is 0 Å². The summed E-state index contributed by atoms with van der Waals surface area (Å²) in [7, 11) is 1.56. The highest BCUT2D eigenvalue weighted by Gasteiger charge is 2.47. The zero-order valence-electron chi connectivity index (χ0n) is 15.9. The molecule has 30 heavy (non-hydrogen) atoms. The third-order valence-electron chi connectivity index (χ3n) is 4.98. The maximum Gasteiger partial charge on any atom is 0.410 e. The van der Waals surface area contributed by atoms with Gasteiger partial charge in [-0.3, -0.25) is 4.79 Å². The van der Waals surface area contributed by atoms with E-state index in [1.54, 1.807) is 43.5 Å². The highest BCUT2D eigenvalue weighted by atomic mass is 32.1. The molecule has 0 radical (unpaired) electrons. The molecule has 0 saturated heterocycles. The van der Waals surface area contributed by atoms with Gasteiger partial charge in [-0.2, -0.15) is 18.3 Å². The second-order valence-electron chi connectivity index (χ2n) is 6.89. The van der Waals surface area contributed by atoms with Gasteiger partial charge in [-0.1, -0.05) is 18.2 Å². The van der Waals surface area contributed by atoms with Crippen molar-refractivity contribution in [3.8, 4) is 5.75 Å². The summed E-state index contributed by atoms with van der Waals surface area (Å²) in [6.07, 6.45) is -3.48. The van der Waals surface area contributed by atoms with Crippen molar-refractivity contribution in [3.05, 3.63) is 64.0 Å². The molecule has 0 saturated carbocycles. The first-order valence-corrected chi connectivity index (χ1v) is 10.1. The summed E-state index contributed by atoms with van der Waals surface area (Å²) in [5.41, 5.74) is 0.918. The SMILES string of the molecule is COc1ccc(CNC(=O)c2cnn3c2N[C@@H](c2cccs2)C[C@@H]3C(F)(F)F)cc1. The van der Waals surface area contributed by atoms with Crippen LogP contribution >= 0.6 is 11.3 Å². The van der Waals surface area contributed by atoms with Gasteiger partial charge in [-0.05, 0) is 29.1 Å². The van der Waals surface area contributed by atoms with E-state index in [-0.39, 0.29) is 24.3 Å². The lowest BCUT2D eigenvalue weighted by molar-refractivity contribution is -0.173. The molecule has 10 heteroatoms. The van der Waals surface area contributed by atoms with Crippen molar-refractivity contribution in [1.82, 2.24) is 15.1 Å². The summed E-state index contributed by atoms with van der Waals surface area (Å²) < 4.78 is 47.0. The van der Waals surface area contributed by atoms with Crippen molar-refractivity contribution >= 4 is 23.1 Å². The Hall–Kier alpha value is -3.01. The lowest BCUT2D eigenvalue weighted by Gasteiger charge is -2.33. The van der Waals surface area contributed by atoms with Crippen LogP contribution in [-0.4, -0.2) is 29.0 Å². The van der Waals surface area contributed by atoms with Gasteiger partial charge in [0.05, 0.1) is 19.3 Å². The van der Waals surface area contributed by atoms with E-state index in [1.807, 2.05) is 5.38 Å². The number of fused-ring (bicyclic) bond motifs is 1. The highest BCUT2D eigenvalue weighted by Crippen LogP contribution is 2.45. The summed E-state index contributed by atoms with van der Waals surface area (Å²) in [6, 6.07) is 8.37. The van der Waals surface area contributed by atoms with Crippen LogP contribution in [0.3, 0.4) is 0 Å². The minimum absolute atomic E-state index is 0.0780. The summed E-state index contributed by atoms with van der Waals surface area (Å²) in [5, 5.41) is 11.5. The Balaban J connectivity index is 1.56. The molecule has 3 heterocycles. The number of rotatable bonds is 5. The number of anilines is 1. The molecule has 1 aromatic carbocycles. The van der Waals surface area contributed by atoms with E-state index >= 15 is 0 Å². The summed E-state index contributed by atoms with van der Waals surface area (Å²) in [4.78, 5) is 13.5. The van der Waals surface area contributed by atoms with E-state index in [4.69, 9.17) is 4.74 Å². The van der Waals surface area contributed by atoms with Gasteiger partial charge >= 0.3 is 6.18 Å². The normalized spacial score (nSPS) is 18.4. The average Bonchev–Trinajstić information content (AvgIpc) is 3.41. The first-order valence-electron chi connectivity index (χ1n) is 9.22. The quantitative estimate of drug-likeness (QED) is 0.616. The number of carbonyl (C=O) groups excluding carboxylic acids is 1. The number of carbonyl (C=O) groups is 1. The first kappa shape index (κ1) is 20.3. The van der Waals surface area contributed by atoms with Crippen LogP contribution in [0.1, 0.15) is 39.3 Å². The van der Waals surface area contributed by atoms with E-state index < -0.39 is 24.2 Å². The van der Waals surface area contributed by atoms with E-state index in [0.29, 0.717) is 5.75 Å². The number of hydrogen-bond donors (Lipinski definition) is 2. The number of alkyl halides is 3. The van der Waals surface area contributed by atoms with Crippen LogP contribution < -0.4 is 15.4 Å². The van der Waals surface area contributed by atoms with E-state index in [2.05, 4.69) is 15.7 Å². The molecule has 6 nitrogen and oxygen atoms in total. The Kier molecular flexibility index (Phi) is 5.42. The van der Waals surface area contributed by atoms with Gasteiger partial charge in [-0.15, -0.1) is 11.3 Å². The summed E-state index contributed by atoms with van der Waals surface area (Å²) in [5.74, 6) is 0.277. The number of benzene rings is 1. The number of aromatic nitrogens is 2. The van der Waals surface area contributed by atoms with E-state index in [0.717, 1.165) is 15.1 Å². The van der Waals surface area contributed by atoms with Gasteiger partial charge in [0.2, 0.25) is 0 Å². The highest BCUT2D eigenvalue weighted by molar-refractivity contribution is 7.10. The Morgan fingerprint density at radius 1 is 1.33 bits per heavy atom. The zero-order valence-corrected chi connectivity index (χ0v) is 16.8. The van der Waals surface area contributed by atoms with Crippen molar-refractivity contribution in [2.45, 2.75) is 31.2 Å². The van der Waals surface area contributed by atoms with Crippen LogP contribution in [0.2, 0.25) is 0 Å². The first-order chi connectivity index (χ1) is 14.4. The number of methoxy groups -OCH3 is 1. The van der Waals surface area contributed by atoms with Gasteiger partial charge in [0, 0.05) is 17.8 Å². The summed E-state index contributed by atoms with van der Waals surface area (Å²) >= 11 is 1.37. The van der Waals surface area contributed by atoms with E-state index in [1.165, 1.54) is 17.5 Å². The van der Waals surface area contributed by atoms with Crippen LogP contribution in [0.5, 0.6) is 5.75 Å². The molecule has 0 fully saturated rings. The topological polar surface area (TPSA) is 68.2 Å². The fraction of sp³-hybridized carbons (Fsp3) is 0.300. The number of halogens is 3. The van der Waals surface area contributed by atoms with Crippen molar-refractivity contribution in [2.75, 3.05) is 12.4 Å². The third kappa shape index (κ3) is 4.00. The number of amides is 1. The number of thiophene rings is 1. The Bertz CT molecular complexity index is 1020.